The van der Waals surface area contributed by atoms with E-state index in [1.165, 1.54) is 25.3 Å². The van der Waals surface area contributed by atoms with Gasteiger partial charge in [0, 0.05) is 19.1 Å². The molecule has 1 N–H and O–H groups in total. The molecule has 0 saturated carbocycles. The second-order valence-electron chi connectivity index (χ2n) is 6.87. The Morgan fingerprint density at radius 2 is 1.85 bits per heavy atom. The Morgan fingerprint density at radius 1 is 1.19 bits per heavy atom. The molecule has 0 aliphatic heterocycles. The van der Waals surface area contributed by atoms with Crippen molar-refractivity contribution in [1.29, 1.82) is 0 Å². The molecule has 0 spiro atoms. The van der Waals surface area contributed by atoms with E-state index in [4.69, 9.17) is 4.74 Å². The van der Waals surface area contributed by atoms with E-state index in [0.29, 0.717) is 12.0 Å². The molecule has 0 unspecified atom stereocenters. The number of methoxy groups -OCH3 is 1. The highest BCUT2D eigenvalue weighted by Gasteiger charge is 2.31. The molecular formula is C18H24F3NO4. The molecule has 146 valence electrons. The van der Waals surface area contributed by atoms with E-state index in [0.717, 1.165) is 0 Å². The summed E-state index contributed by atoms with van der Waals surface area (Å²) in [6.07, 6.45) is -4.77. The molecule has 0 aliphatic carbocycles. The Morgan fingerprint density at radius 3 is 2.38 bits per heavy atom. The van der Waals surface area contributed by atoms with Crippen LogP contribution in [0.15, 0.2) is 24.3 Å². The predicted octanol–water partition coefficient (Wildman–Crippen LogP) is 3.78. The first kappa shape index (κ1) is 22.0. The van der Waals surface area contributed by atoms with Gasteiger partial charge < -0.3 is 14.8 Å². The monoisotopic (exact) mass is 375 g/mol. The van der Waals surface area contributed by atoms with Gasteiger partial charge in [-0.15, -0.1) is 13.2 Å². The van der Waals surface area contributed by atoms with Gasteiger partial charge in [0.15, 0.2) is 0 Å². The third kappa shape index (κ3) is 7.86. The van der Waals surface area contributed by atoms with Crippen LogP contribution in [-0.4, -0.2) is 31.8 Å². The minimum atomic E-state index is -4.80. The second-order valence-corrected chi connectivity index (χ2v) is 6.87. The van der Waals surface area contributed by atoms with Crippen molar-refractivity contribution in [2.24, 2.45) is 5.41 Å². The van der Waals surface area contributed by atoms with Gasteiger partial charge in [-0.3, -0.25) is 9.59 Å². The lowest BCUT2D eigenvalue weighted by Crippen LogP contribution is -2.33. The summed E-state index contributed by atoms with van der Waals surface area (Å²) in [5.41, 5.74) is -0.222. The first-order valence-electron chi connectivity index (χ1n) is 8.09. The zero-order valence-corrected chi connectivity index (χ0v) is 15.3. The lowest BCUT2D eigenvalue weighted by molar-refractivity contribution is -0.274. The fourth-order valence-electron chi connectivity index (χ4n) is 2.14. The van der Waals surface area contributed by atoms with Crippen molar-refractivity contribution >= 4 is 11.7 Å². The molecule has 1 rings (SSSR count). The topological polar surface area (TPSA) is 64.6 Å². The van der Waals surface area contributed by atoms with Gasteiger partial charge in [-0.25, -0.2) is 0 Å². The molecule has 0 radical (unpaired) electrons. The van der Waals surface area contributed by atoms with Gasteiger partial charge in [0.2, 0.25) is 5.91 Å². The number of hydrogen-bond donors (Lipinski definition) is 1. The molecular weight excluding hydrogens is 351 g/mol. The Kier molecular flexibility index (Phi) is 7.62. The standard InChI is InChI=1S/C18H24F3NO4/c1-17(2,3)15(23)11-16(24)22-14(8-9-25-4)12-6-5-7-13(10-12)26-18(19,20)21/h5-7,10,14H,8-9,11H2,1-4H3,(H,22,24)/t14-/m0/s1. The zero-order valence-electron chi connectivity index (χ0n) is 15.3. The molecule has 0 aromatic heterocycles. The maximum Gasteiger partial charge on any atom is 0.573 e. The van der Waals surface area contributed by atoms with Crippen LogP contribution in [0.4, 0.5) is 13.2 Å². The zero-order chi connectivity index (χ0) is 20.0. The van der Waals surface area contributed by atoms with E-state index >= 15 is 0 Å². The average molecular weight is 375 g/mol. The number of Topliss-reactive ketones (excluding diaryl/α,β-unsaturated/α-hetero) is 1. The molecule has 0 bridgehead atoms. The number of halogens is 3. The van der Waals surface area contributed by atoms with Gasteiger partial charge >= 0.3 is 6.36 Å². The summed E-state index contributed by atoms with van der Waals surface area (Å²) < 4.78 is 46.1. The van der Waals surface area contributed by atoms with Crippen molar-refractivity contribution in [2.75, 3.05) is 13.7 Å². The third-order valence-corrected chi connectivity index (χ3v) is 3.60. The number of carbonyl (C=O) groups is 2. The Bertz CT molecular complexity index is 624. The van der Waals surface area contributed by atoms with E-state index in [-0.39, 0.29) is 24.6 Å². The van der Waals surface area contributed by atoms with Crippen molar-refractivity contribution in [2.45, 2.75) is 46.0 Å². The van der Waals surface area contributed by atoms with Crippen LogP contribution in [0.3, 0.4) is 0 Å². The summed E-state index contributed by atoms with van der Waals surface area (Å²) in [7, 11) is 1.48. The van der Waals surface area contributed by atoms with Crippen molar-refractivity contribution in [1.82, 2.24) is 5.32 Å². The number of carbonyl (C=O) groups excluding carboxylic acids is 2. The number of ether oxygens (including phenoxy) is 2. The van der Waals surface area contributed by atoms with Crippen molar-refractivity contribution in [3.8, 4) is 5.75 Å². The lowest BCUT2D eigenvalue weighted by Gasteiger charge is -2.21. The number of rotatable bonds is 8. The van der Waals surface area contributed by atoms with E-state index in [9.17, 15) is 22.8 Å². The average Bonchev–Trinajstić information content (AvgIpc) is 2.49. The number of hydrogen-bond acceptors (Lipinski definition) is 4. The van der Waals surface area contributed by atoms with Crippen LogP contribution in [-0.2, 0) is 14.3 Å². The highest BCUT2D eigenvalue weighted by molar-refractivity contribution is 6.00. The highest BCUT2D eigenvalue weighted by atomic mass is 19.4. The molecule has 0 aliphatic rings. The summed E-state index contributed by atoms with van der Waals surface area (Å²) in [5.74, 6) is -1.10. The quantitative estimate of drug-likeness (QED) is 0.703. The van der Waals surface area contributed by atoms with E-state index in [1.807, 2.05) is 0 Å². The van der Waals surface area contributed by atoms with E-state index in [2.05, 4.69) is 10.1 Å². The van der Waals surface area contributed by atoms with Crippen molar-refractivity contribution in [3.63, 3.8) is 0 Å². The first-order valence-corrected chi connectivity index (χ1v) is 8.09. The van der Waals surface area contributed by atoms with Gasteiger partial charge in [0.05, 0.1) is 12.5 Å². The van der Waals surface area contributed by atoms with Gasteiger partial charge in [0.25, 0.3) is 0 Å². The minimum absolute atomic E-state index is 0.227. The summed E-state index contributed by atoms with van der Waals surface area (Å²) in [6, 6.07) is 4.76. The number of ketones is 1. The molecule has 26 heavy (non-hydrogen) atoms. The normalized spacial score (nSPS) is 13.2. The molecule has 0 heterocycles. The van der Waals surface area contributed by atoms with Crippen molar-refractivity contribution in [3.05, 3.63) is 29.8 Å². The van der Waals surface area contributed by atoms with E-state index in [1.54, 1.807) is 26.8 Å². The maximum atomic E-state index is 12.4. The van der Waals surface area contributed by atoms with Crippen molar-refractivity contribution < 1.29 is 32.2 Å². The molecule has 1 amide bonds. The molecule has 1 aromatic rings. The minimum Gasteiger partial charge on any atom is -0.406 e. The molecule has 8 heteroatoms. The van der Waals surface area contributed by atoms with Gasteiger partial charge in [-0.2, -0.15) is 0 Å². The number of benzene rings is 1. The molecule has 5 nitrogen and oxygen atoms in total. The van der Waals surface area contributed by atoms with Crippen LogP contribution in [0.2, 0.25) is 0 Å². The highest BCUT2D eigenvalue weighted by Crippen LogP contribution is 2.27. The summed E-state index contributed by atoms with van der Waals surface area (Å²) >= 11 is 0. The molecule has 1 atom stereocenters. The SMILES string of the molecule is COCC[C@H](NC(=O)CC(=O)C(C)(C)C)c1cccc(OC(F)(F)F)c1. The first-order chi connectivity index (χ1) is 11.9. The number of amides is 1. The fourth-order valence-corrected chi connectivity index (χ4v) is 2.14. The molecule has 0 saturated heterocycles. The van der Waals surface area contributed by atoms with Gasteiger partial charge in [0.1, 0.15) is 11.5 Å². The lowest BCUT2D eigenvalue weighted by atomic mass is 9.88. The summed E-state index contributed by atoms with van der Waals surface area (Å²) in [5, 5.41) is 2.68. The van der Waals surface area contributed by atoms with Gasteiger partial charge in [-0.1, -0.05) is 32.9 Å². The molecule has 1 aromatic carbocycles. The smallest absolute Gasteiger partial charge is 0.406 e. The Balaban J connectivity index is 2.91. The summed E-state index contributed by atoms with van der Waals surface area (Å²) in [6.45, 7) is 5.41. The van der Waals surface area contributed by atoms with Crippen LogP contribution in [0.5, 0.6) is 5.75 Å². The fraction of sp³-hybridized carbons (Fsp3) is 0.556. The van der Waals surface area contributed by atoms with Gasteiger partial charge in [-0.05, 0) is 24.1 Å². The Labute approximate surface area is 150 Å². The second kappa shape index (κ2) is 9.02. The van der Waals surface area contributed by atoms with Crippen LogP contribution in [0.25, 0.3) is 0 Å². The number of nitrogens with one attached hydrogen (secondary N) is 1. The van der Waals surface area contributed by atoms with Crippen LogP contribution in [0, 0.1) is 5.41 Å². The predicted molar refractivity (Wildman–Crippen MR) is 89.6 cm³/mol. The van der Waals surface area contributed by atoms with Crippen LogP contribution in [0.1, 0.15) is 45.2 Å². The third-order valence-electron chi connectivity index (χ3n) is 3.60. The number of alkyl halides is 3. The van der Waals surface area contributed by atoms with E-state index < -0.39 is 23.7 Å². The largest absolute Gasteiger partial charge is 0.573 e. The van der Waals surface area contributed by atoms with Crippen LogP contribution >= 0.6 is 0 Å². The molecule has 0 fully saturated rings. The maximum absolute atomic E-state index is 12.4. The Hall–Kier alpha value is -2.09. The summed E-state index contributed by atoms with van der Waals surface area (Å²) in [4.78, 5) is 24.2. The van der Waals surface area contributed by atoms with Crippen LogP contribution < -0.4 is 10.1 Å².